The number of benzene rings is 1. The normalized spacial score (nSPS) is 24.0. The smallest absolute Gasteiger partial charge is 0.408 e. The second-order valence-electron chi connectivity index (χ2n) is 14.0. The van der Waals surface area contributed by atoms with Gasteiger partial charge in [0.25, 0.3) is 0 Å². The highest BCUT2D eigenvalue weighted by atomic mass is 16.6. The Kier molecular flexibility index (Phi) is 12.2. The van der Waals surface area contributed by atoms with Crippen molar-refractivity contribution in [1.29, 1.82) is 0 Å². The van der Waals surface area contributed by atoms with Crippen molar-refractivity contribution in [1.82, 2.24) is 20.2 Å². The Morgan fingerprint density at radius 1 is 1.10 bits per heavy atom. The minimum Gasteiger partial charge on any atom is -0.497 e. The van der Waals surface area contributed by atoms with Crippen molar-refractivity contribution in [3.63, 3.8) is 0 Å². The second kappa shape index (κ2) is 16.5. The van der Waals surface area contributed by atoms with Crippen LogP contribution in [-0.2, 0) is 19.1 Å². The molecule has 1 saturated heterocycles. The summed E-state index contributed by atoms with van der Waals surface area (Å²) in [5.74, 6) is 0.0731. The summed E-state index contributed by atoms with van der Waals surface area (Å²) in [5.41, 5.74) is 1.68. The fourth-order valence-electron chi connectivity index (χ4n) is 7.21. The van der Waals surface area contributed by atoms with Crippen molar-refractivity contribution in [2.75, 3.05) is 20.3 Å². The summed E-state index contributed by atoms with van der Waals surface area (Å²) >= 11 is 0. The van der Waals surface area contributed by atoms with E-state index < -0.39 is 36.2 Å². The summed E-state index contributed by atoms with van der Waals surface area (Å²) < 4.78 is 23.5. The molecule has 2 amide bonds. The number of amides is 2. The molecule has 11 heteroatoms. The third-order valence-corrected chi connectivity index (χ3v) is 9.98. The van der Waals surface area contributed by atoms with Gasteiger partial charge in [-0.05, 0) is 80.9 Å². The van der Waals surface area contributed by atoms with Gasteiger partial charge in [0.05, 0.1) is 31.3 Å². The zero-order valence-corrected chi connectivity index (χ0v) is 29.4. The zero-order chi connectivity index (χ0) is 35.1. The van der Waals surface area contributed by atoms with Gasteiger partial charge in [-0.3, -0.25) is 4.79 Å². The Balaban J connectivity index is 1.40. The number of alkyl carbamates (subject to hydrolysis) is 1. The van der Waals surface area contributed by atoms with Gasteiger partial charge < -0.3 is 29.2 Å². The monoisotopic (exact) mass is 676 g/mol. The second-order valence-corrected chi connectivity index (χ2v) is 14.0. The number of nitrogens with one attached hydrogen (secondary N) is 1. The van der Waals surface area contributed by atoms with Gasteiger partial charge >= 0.3 is 12.1 Å². The first-order valence-corrected chi connectivity index (χ1v) is 17.9. The number of allylic oxidation sites excluding steroid dienone is 1. The van der Waals surface area contributed by atoms with Crippen molar-refractivity contribution in [3.05, 3.63) is 43.1 Å². The molecule has 1 N–H and O–H groups in total. The summed E-state index contributed by atoms with van der Waals surface area (Å²) in [6, 6.07) is 3.67. The number of rotatable bonds is 16. The molecular formula is C38H52N4O7. The number of hydrogen-bond acceptors (Lipinski definition) is 9. The first kappa shape index (κ1) is 36.1. The third kappa shape index (κ3) is 8.72. The number of nitrogens with zero attached hydrogens (tertiary/aromatic N) is 3. The molecule has 49 heavy (non-hydrogen) atoms. The van der Waals surface area contributed by atoms with E-state index in [4.69, 9.17) is 23.9 Å². The molecule has 266 valence electrons. The molecule has 6 atom stereocenters. The minimum absolute atomic E-state index is 0.0660. The molecule has 3 aliphatic rings. The molecule has 0 bridgehead atoms. The molecule has 2 aromatic rings. The first-order chi connectivity index (χ1) is 23.7. The number of aromatic nitrogens is 2. The fourth-order valence-corrected chi connectivity index (χ4v) is 7.21. The summed E-state index contributed by atoms with van der Waals surface area (Å²) in [4.78, 5) is 52.7. The van der Waals surface area contributed by atoms with Crippen molar-refractivity contribution in [3.8, 4) is 11.6 Å². The lowest BCUT2D eigenvalue weighted by Gasteiger charge is -2.32. The molecule has 1 aromatic heterocycles. The molecule has 11 nitrogen and oxygen atoms in total. The average Bonchev–Trinajstić information content (AvgIpc) is 3.44. The number of esters is 1. The number of carbonyl (C=O) groups is 3. The lowest BCUT2D eigenvalue weighted by Crippen LogP contribution is -2.55. The number of hydrogen-bond donors (Lipinski definition) is 1. The summed E-state index contributed by atoms with van der Waals surface area (Å²) in [7, 11) is 1.58. The molecule has 5 rings (SSSR count). The van der Waals surface area contributed by atoms with E-state index in [0.29, 0.717) is 34.8 Å². The molecule has 1 aromatic carbocycles. The maximum absolute atomic E-state index is 14.6. The van der Waals surface area contributed by atoms with Crippen molar-refractivity contribution in [2.45, 2.75) is 103 Å². The van der Waals surface area contributed by atoms with Gasteiger partial charge in [-0.15, -0.1) is 6.58 Å². The largest absolute Gasteiger partial charge is 0.497 e. The van der Waals surface area contributed by atoms with Gasteiger partial charge in [-0.2, -0.15) is 0 Å². The Morgan fingerprint density at radius 3 is 2.55 bits per heavy atom. The summed E-state index contributed by atoms with van der Waals surface area (Å²) in [6.45, 7) is 13.9. The van der Waals surface area contributed by atoms with E-state index in [-0.39, 0.29) is 42.9 Å². The molecule has 2 saturated carbocycles. The molecule has 0 spiro atoms. The highest BCUT2D eigenvalue weighted by Gasteiger charge is 2.52. The Hall–Kier alpha value is -4.15. The van der Waals surface area contributed by atoms with Crippen LogP contribution in [0.4, 0.5) is 4.79 Å². The lowest BCUT2D eigenvalue weighted by atomic mass is 9.93. The van der Waals surface area contributed by atoms with Crippen LogP contribution >= 0.6 is 0 Å². The predicted molar refractivity (Wildman–Crippen MR) is 187 cm³/mol. The van der Waals surface area contributed by atoms with E-state index in [9.17, 15) is 14.4 Å². The van der Waals surface area contributed by atoms with Crippen LogP contribution in [0.25, 0.3) is 17.1 Å². The van der Waals surface area contributed by atoms with Crippen LogP contribution in [0.3, 0.4) is 0 Å². The van der Waals surface area contributed by atoms with E-state index in [1.165, 1.54) is 0 Å². The number of likely N-dealkylation sites (tertiary alicyclic amines) is 1. The molecule has 3 fully saturated rings. The van der Waals surface area contributed by atoms with Crippen molar-refractivity contribution < 1.29 is 33.3 Å². The SMILES string of the molecule is C=CCCCC1CC1OC(=O)NC(C(=O)N1CC(Oc2nc3cc(OC)ccc3nc2C=C)C(CC)C1C(=O)OCC(C)C)C1CCCC1. The maximum Gasteiger partial charge on any atom is 0.408 e. The number of unbranched alkanes of at least 4 members (excludes halogenated alkanes) is 1. The minimum atomic E-state index is -0.902. The number of methoxy groups -OCH3 is 1. The van der Waals surface area contributed by atoms with E-state index in [1.807, 2.05) is 39.0 Å². The van der Waals surface area contributed by atoms with E-state index in [0.717, 1.165) is 51.4 Å². The third-order valence-electron chi connectivity index (χ3n) is 9.98. The van der Waals surface area contributed by atoms with Crippen LogP contribution < -0.4 is 14.8 Å². The van der Waals surface area contributed by atoms with Gasteiger partial charge in [0, 0.05) is 12.0 Å². The van der Waals surface area contributed by atoms with Gasteiger partial charge in [0.15, 0.2) is 0 Å². The molecule has 1 aliphatic heterocycles. The lowest BCUT2D eigenvalue weighted by molar-refractivity contribution is -0.156. The van der Waals surface area contributed by atoms with Crippen LogP contribution in [-0.4, -0.2) is 77.4 Å². The molecule has 6 unspecified atom stereocenters. The number of fused-ring (bicyclic) bond motifs is 1. The predicted octanol–water partition coefficient (Wildman–Crippen LogP) is 6.49. The standard InChI is InChI=1S/C38H52N4O7/c1-7-10-11-16-25-19-31(25)49-38(45)41-33(24-14-12-13-15-24)36(43)42-21-32(27(8-2)34(42)37(44)47-22-23(4)5)48-35-28(9-3)39-29-18-17-26(46-6)20-30(29)40-35/h7,9,17-18,20,23-25,27,31-34H,1,3,8,10-16,19,21-22H2,2,4-6H3,(H,41,45). The average molecular weight is 677 g/mol. The van der Waals surface area contributed by atoms with Gasteiger partial charge in [0.2, 0.25) is 11.8 Å². The molecular weight excluding hydrogens is 624 g/mol. The van der Waals surface area contributed by atoms with E-state index in [1.54, 1.807) is 24.2 Å². The van der Waals surface area contributed by atoms with E-state index in [2.05, 4.69) is 23.5 Å². The van der Waals surface area contributed by atoms with Crippen LogP contribution in [0.5, 0.6) is 11.6 Å². The van der Waals surface area contributed by atoms with Crippen LogP contribution in [0, 0.1) is 23.7 Å². The topological polar surface area (TPSA) is 129 Å². The quantitative estimate of drug-likeness (QED) is 0.120. The first-order valence-electron chi connectivity index (χ1n) is 17.9. The maximum atomic E-state index is 14.6. The fraction of sp³-hybridized carbons (Fsp3) is 0.605. The van der Waals surface area contributed by atoms with E-state index >= 15 is 0 Å². The molecule has 2 heterocycles. The molecule has 0 radical (unpaired) electrons. The highest BCUT2D eigenvalue weighted by molar-refractivity contribution is 5.91. The Labute approximate surface area is 289 Å². The van der Waals surface area contributed by atoms with Crippen molar-refractivity contribution >= 4 is 35.1 Å². The van der Waals surface area contributed by atoms with Crippen LogP contribution in [0.2, 0.25) is 0 Å². The Bertz CT molecular complexity index is 1510. The summed E-state index contributed by atoms with van der Waals surface area (Å²) in [6.07, 6.45) is 9.99. The van der Waals surface area contributed by atoms with Crippen LogP contribution in [0.15, 0.2) is 37.4 Å². The highest BCUT2D eigenvalue weighted by Crippen LogP contribution is 2.39. The van der Waals surface area contributed by atoms with Gasteiger partial charge in [0.1, 0.15) is 35.7 Å². The molecule has 2 aliphatic carbocycles. The number of ether oxygens (including phenoxy) is 4. The Morgan fingerprint density at radius 2 is 1.88 bits per heavy atom. The van der Waals surface area contributed by atoms with Crippen molar-refractivity contribution in [2.24, 2.45) is 23.7 Å². The van der Waals surface area contributed by atoms with Gasteiger partial charge in [-0.1, -0.05) is 46.3 Å². The zero-order valence-electron chi connectivity index (χ0n) is 29.4. The number of carbonyl (C=O) groups excluding carboxylic acids is 3. The van der Waals surface area contributed by atoms with Crippen LogP contribution in [0.1, 0.15) is 84.3 Å². The summed E-state index contributed by atoms with van der Waals surface area (Å²) in [5, 5.41) is 2.94. The van der Waals surface area contributed by atoms with Gasteiger partial charge in [-0.25, -0.2) is 19.6 Å².